The molecule has 0 radical (unpaired) electrons. The number of nitro groups is 1. The van der Waals surface area contributed by atoms with Gasteiger partial charge in [-0.25, -0.2) is 0 Å². The molecule has 0 aliphatic carbocycles. The monoisotopic (exact) mass is 373 g/mol. The van der Waals surface area contributed by atoms with E-state index in [1.54, 1.807) is 23.5 Å². The van der Waals surface area contributed by atoms with Crippen LogP contribution in [-0.2, 0) is 0 Å². The number of nitrogens with zero attached hydrogens (tertiary/aromatic N) is 1. The molecule has 2 aromatic carbocycles. The fourth-order valence-corrected chi connectivity index (χ4v) is 5.84. The average Bonchev–Trinajstić information content (AvgIpc) is 2.93. The first-order valence-electron chi connectivity index (χ1n) is 7.65. The third-order valence-electron chi connectivity index (χ3n) is 4.18. The molecule has 7 heteroatoms. The van der Waals surface area contributed by atoms with Gasteiger partial charge in [0.25, 0.3) is 5.69 Å². The molecular weight excluding hydrogens is 358 g/mol. The lowest BCUT2D eigenvalue weighted by Gasteiger charge is -2.34. The van der Waals surface area contributed by atoms with Crippen molar-refractivity contribution in [2.24, 2.45) is 0 Å². The number of non-ortho nitro benzene ring substituents is 1. The Morgan fingerprint density at radius 1 is 1.16 bits per heavy atom. The van der Waals surface area contributed by atoms with Crippen molar-refractivity contribution in [2.75, 3.05) is 7.11 Å². The number of hydrogen-bond donors (Lipinski definition) is 0. The van der Waals surface area contributed by atoms with Crippen LogP contribution in [0.3, 0.4) is 0 Å². The lowest BCUT2D eigenvalue weighted by atomic mass is 10.1. The number of thioether (sulfide) groups is 2. The maximum atomic E-state index is 11.1. The van der Waals surface area contributed by atoms with Crippen LogP contribution in [0.5, 0.6) is 11.5 Å². The third-order valence-corrected chi connectivity index (χ3v) is 7.29. The van der Waals surface area contributed by atoms with Gasteiger partial charge >= 0.3 is 0 Å². The maximum absolute atomic E-state index is 11.1. The first kappa shape index (κ1) is 16.4. The Labute approximate surface area is 153 Å². The molecule has 0 N–H and O–H groups in total. The Morgan fingerprint density at radius 2 is 1.92 bits per heavy atom. The van der Waals surface area contributed by atoms with Crippen molar-refractivity contribution in [1.82, 2.24) is 0 Å². The van der Waals surface area contributed by atoms with Gasteiger partial charge in [0.2, 0.25) is 4.27 Å². The van der Waals surface area contributed by atoms with Gasteiger partial charge in [-0.2, -0.15) is 0 Å². The fourth-order valence-electron chi connectivity index (χ4n) is 2.91. The summed E-state index contributed by atoms with van der Waals surface area (Å²) in [4.78, 5) is 13.1. The van der Waals surface area contributed by atoms with Gasteiger partial charge in [-0.3, -0.25) is 10.1 Å². The van der Waals surface area contributed by atoms with E-state index in [1.807, 2.05) is 13.0 Å². The number of methoxy groups -OCH3 is 1. The summed E-state index contributed by atoms with van der Waals surface area (Å²) in [7, 11) is 1.49. The summed E-state index contributed by atoms with van der Waals surface area (Å²) < 4.78 is 11.1. The van der Waals surface area contributed by atoms with Crippen molar-refractivity contribution in [1.29, 1.82) is 0 Å². The topological polar surface area (TPSA) is 61.6 Å². The van der Waals surface area contributed by atoms with Gasteiger partial charge in [-0.05, 0) is 43.2 Å². The van der Waals surface area contributed by atoms with E-state index >= 15 is 0 Å². The molecule has 25 heavy (non-hydrogen) atoms. The largest absolute Gasteiger partial charge is 0.493 e. The smallest absolute Gasteiger partial charge is 0.274 e. The van der Waals surface area contributed by atoms with E-state index in [9.17, 15) is 10.1 Å². The number of ether oxygens (including phenoxy) is 2. The zero-order valence-corrected chi connectivity index (χ0v) is 15.5. The zero-order chi connectivity index (χ0) is 17.8. The van der Waals surface area contributed by atoms with Crippen LogP contribution in [0.4, 0.5) is 5.69 Å². The molecule has 4 rings (SSSR count). The second kappa shape index (κ2) is 5.71. The molecule has 128 valence electrons. The van der Waals surface area contributed by atoms with E-state index in [4.69, 9.17) is 9.47 Å². The minimum Gasteiger partial charge on any atom is -0.493 e. The molecule has 0 bridgehead atoms. The third kappa shape index (κ3) is 2.58. The van der Waals surface area contributed by atoms with Crippen LogP contribution in [0, 0.1) is 17.0 Å². The SMILES string of the molecule is COc1cc([N+](=O)[O-])cc2c1OC1(Sc3ccc(C)cc3S1)C(C)=C2. The number of rotatable bonds is 2. The first-order valence-corrected chi connectivity index (χ1v) is 9.28. The van der Waals surface area contributed by atoms with Crippen molar-refractivity contribution >= 4 is 35.3 Å². The number of aryl methyl sites for hydroxylation is 1. The van der Waals surface area contributed by atoms with E-state index in [1.165, 1.54) is 34.6 Å². The Bertz CT molecular complexity index is 941. The van der Waals surface area contributed by atoms with Gasteiger partial charge < -0.3 is 9.47 Å². The molecule has 0 aromatic heterocycles. The number of hydrogen-bond acceptors (Lipinski definition) is 6. The Morgan fingerprint density at radius 3 is 2.64 bits per heavy atom. The van der Waals surface area contributed by atoms with Crippen molar-refractivity contribution < 1.29 is 14.4 Å². The Kier molecular flexibility index (Phi) is 3.73. The quantitative estimate of drug-likeness (QED) is 0.529. The van der Waals surface area contributed by atoms with E-state index < -0.39 is 9.19 Å². The van der Waals surface area contributed by atoms with Crippen LogP contribution >= 0.6 is 23.5 Å². The highest BCUT2D eigenvalue weighted by atomic mass is 32.2. The highest BCUT2D eigenvalue weighted by Gasteiger charge is 2.46. The summed E-state index contributed by atoms with van der Waals surface area (Å²) in [5, 5.41) is 11.1. The molecule has 2 heterocycles. The maximum Gasteiger partial charge on any atom is 0.274 e. The van der Waals surface area contributed by atoms with Crippen LogP contribution in [-0.4, -0.2) is 16.3 Å². The van der Waals surface area contributed by atoms with Crippen molar-refractivity contribution in [3.8, 4) is 11.5 Å². The lowest BCUT2D eigenvalue weighted by molar-refractivity contribution is -0.385. The second-order valence-electron chi connectivity index (χ2n) is 5.96. The molecule has 1 unspecified atom stereocenters. The Balaban J connectivity index is 1.81. The van der Waals surface area contributed by atoms with Crippen LogP contribution in [0.2, 0.25) is 0 Å². The van der Waals surface area contributed by atoms with E-state index in [2.05, 4.69) is 25.1 Å². The van der Waals surface area contributed by atoms with Crippen molar-refractivity contribution in [2.45, 2.75) is 27.9 Å². The van der Waals surface area contributed by atoms with E-state index in [0.717, 1.165) is 5.57 Å². The van der Waals surface area contributed by atoms with Crippen molar-refractivity contribution in [3.05, 3.63) is 57.1 Å². The minimum atomic E-state index is -0.605. The van der Waals surface area contributed by atoms with Gasteiger partial charge in [0.1, 0.15) is 0 Å². The molecule has 2 aliphatic rings. The van der Waals surface area contributed by atoms with E-state index in [-0.39, 0.29) is 5.69 Å². The summed E-state index contributed by atoms with van der Waals surface area (Å²) in [5.74, 6) is 0.920. The van der Waals surface area contributed by atoms with Crippen molar-refractivity contribution in [3.63, 3.8) is 0 Å². The summed E-state index contributed by atoms with van der Waals surface area (Å²) >= 11 is 3.31. The summed E-state index contributed by atoms with van der Waals surface area (Å²) in [6.07, 6.45) is 1.95. The van der Waals surface area contributed by atoms with Gasteiger partial charge in [0, 0.05) is 21.4 Å². The molecule has 0 fully saturated rings. The molecule has 0 saturated heterocycles. The minimum absolute atomic E-state index is 0.00941. The molecule has 1 atom stereocenters. The van der Waals surface area contributed by atoms with Crippen LogP contribution in [0.15, 0.2) is 45.7 Å². The summed E-state index contributed by atoms with van der Waals surface area (Å²) in [6, 6.07) is 9.28. The molecule has 2 aliphatic heterocycles. The lowest BCUT2D eigenvalue weighted by Crippen LogP contribution is -2.30. The number of benzene rings is 2. The summed E-state index contributed by atoms with van der Waals surface area (Å²) in [6.45, 7) is 4.06. The molecule has 5 nitrogen and oxygen atoms in total. The average molecular weight is 373 g/mol. The number of nitro benzene ring substituents is 1. The van der Waals surface area contributed by atoms with Gasteiger partial charge in [-0.1, -0.05) is 29.6 Å². The molecule has 0 amide bonds. The molecular formula is C18H15NO4S2. The van der Waals surface area contributed by atoms with Gasteiger partial charge in [0.15, 0.2) is 11.5 Å². The zero-order valence-electron chi connectivity index (χ0n) is 13.9. The second-order valence-corrected chi connectivity index (χ2v) is 8.66. The highest BCUT2D eigenvalue weighted by Crippen LogP contribution is 2.62. The molecule has 2 aromatic rings. The standard InChI is InChI=1S/C18H15NO4S2/c1-10-4-5-15-16(6-10)25-18(24-15)11(2)7-12-8-13(19(20)21)9-14(22-3)17(12)23-18/h4-9H,1-3H3. The fraction of sp³-hybridized carbons (Fsp3) is 0.222. The van der Waals surface area contributed by atoms with Gasteiger partial charge in [0.05, 0.1) is 18.1 Å². The highest BCUT2D eigenvalue weighted by molar-refractivity contribution is 8.20. The van der Waals surface area contributed by atoms with Crippen LogP contribution < -0.4 is 9.47 Å². The summed E-state index contributed by atoms with van der Waals surface area (Å²) in [5.41, 5.74) is 2.87. The van der Waals surface area contributed by atoms with Crippen LogP contribution in [0.1, 0.15) is 18.1 Å². The Hall–Kier alpha value is -2.12. The first-order chi connectivity index (χ1) is 11.9. The molecule has 1 spiro atoms. The predicted molar refractivity (Wildman–Crippen MR) is 99.6 cm³/mol. The predicted octanol–water partition coefficient (Wildman–Crippen LogP) is 5.26. The van der Waals surface area contributed by atoms with E-state index in [0.29, 0.717) is 17.1 Å². The van der Waals surface area contributed by atoms with Crippen LogP contribution in [0.25, 0.3) is 6.08 Å². The molecule has 0 saturated carbocycles. The van der Waals surface area contributed by atoms with Gasteiger partial charge in [-0.15, -0.1) is 0 Å². The number of fused-ring (bicyclic) bond motifs is 2. The normalized spacial score (nSPS) is 20.5.